The number of rotatable bonds is 12. The lowest BCUT2D eigenvalue weighted by Crippen LogP contribution is -2.59. The van der Waals surface area contributed by atoms with Gasteiger partial charge in [-0.25, -0.2) is 0 Å². The molecule has 0 spiro atoms. The van der Waals surface area contributed by atoms with Crippen molar-refractivity contribution in [1.29, 1.82) is 0 Å². The molecule has 3 aromatic rings. The number of hydrogen-bond donors (Lipinski definition) is 0. The molecule has 1 fully saturated rings. The molecule has 4 rings (SSSR count). The maximum atomic E-state index is 10.9. The van der Waals surface area contributed by atoms with Gasteiger partial charge in [-0.2, -0.15) is 0 Å². The van der Waals surface area contributed by atoms with E-state index in [1.807, 2.05) is 91.0 Å². The molecule has 0 N–H and O–H groups in total. The Hall–Kier alpha value is -2.74. The van der Waals surface area contributed by atoms with E-state index >= 15 is 0 Å². The van der Waals surface area contributed by atoms with Gasteiger partial charge in [0.2, 0.25) is 0 Å². The SMILES string of the molecule is O=COC[C@H]1O[C@H](Cl)[C@H](OCc2ccccc2)[C@@H](OCc2ccccc2)[C@@H]1OCc1ccccc1. The third-order valence-corrected chi connectivity index (χ3v) is 6.11. The van der Waals surface area contributed by atoms with Gasteiger partial charge in [0.15, 0.2) is 5.56 Å². The first kappa shape index (κ1) is 25.4. The fraction of sp³-hybridized carbons (Fsp3) is 0.321. The van der Waals surface area contributed by atoms with E-state index < -0.39 is 30.0 Å². The first-order valence-electron chi connectivity index (χ1n) is 11.6. The second kappa shape index (κ2) is 13.4. The van der Waals surface area contributed by atoms with Gasteiger partial charge in [-0.1, -0.05) is 103 Å². The summed E-state index contributed by atoms with van der Waals surface area (Å²) in [5.41, 5.74) is 2.19. The summed E-state index contributed by atoms with van der Waals surface area (Å²) in [6.07, 6.45) is -2.40. The molecule has 0 aliphatic carbocycles. The zero-order valence-corrected chi connectivity index (χ0v) is 20.0. The average molecular weight is 497 g/mol. The number of hydrogen-bond acceptors (Lipinski definition) is 6. The third kappa shape index (κ3) is 7.37. The molecule has 1 aliphatic rings. The van der Waals surface area contributed by atoms with E-state index in [0.29, 0.717) is 26.3 Å². The maximum absolute atomic E-state index is 10.9. The van der Waals surface area contributed by atoms with E-state index in [9.17, 15) is 4.79 Å². The van der Waals surface area contributed by atoms with Crippen LogP contribution in [-0.2, 0) is 48.3 Å². The van der Waals surface area contributed by atoms with E-state index in [4.69, 9.17) is 35.3 Å². The van der Waals surface area contributed by atoms with Gasteiger partial charge in [-0.05, 0) is 16.7 Å². The fourth-order valence-corrected chi connectivity index (χ4v) is 4.35. The summed E-state index contributed by atoms with van der Waals surface area (Å²) in [7, 11) is 0. The maximum Gasteiger partial charge on any atom is 0.293 e. The molecule has 6 nitrogen and oxygen atoms in total. The molecule has 0 bridgehead atoms. The van der Waals surface area contributed by atoms with Crippen LogP contribution in [0.25, 0.3) is 0 Å². The van der Waals surface area contributed by atoms with E-state index in [2.05, 4.69) is 0 Å². The van der Waals surface area contributed by atoms with Gasteiger partial charge in [0, 0.05) is 0 Å². The van der Waals surface area contributed by atoms with Crippen LogP contribution >= 0.6 is 11.6 Å². The molecule has 0 aromatic heterocycles. The van der Waals surface area contributed by atoms with Crippen molar-refractivity contribution in [1.82, 2.24) is 0 Å². The van der Waals surface area contributed by atoms with Gasteiger partial charge >= 0.3 is 0 Å². The minimum absolute atomic E-state index is 0.0111. The number of halogens is 1. The highest BCUT2D eigenvalue weighted by atomic mass is 35.5. The van der Waals surface area contributed by atoms with Crippen molar-refractivity contribution in [2.75, 3.05) is 6.61 Å². The van der Waals surface area contributed by atoms with Crippen LogP contribution in [0, 0.1) is 0 Å². The van der Waals surface area contributed by atoms with Crippen molar-refractivity contribution >= 4 is 18.1 Å². The van der Waals surface area contributed by atoms with Gasteiger partial charge in [0.25, 0.3) is 6.47 Å². The molecule has 35 heavy (non-hydrogen) atoms. The van der Waals surface area contributed by atoms with Crippen molar-refractivity contribution in [3.8, 4) is 0 Å². The molecule has 184 valence electrons. The van der Waals surface area contributed by atoms with Crippen molar-refractivity contribution in [3.63, 3.8) is 0 Å². The molecule has 0 radical (unpaired) electrons. The highest BCUT2D eigenvalue weighted by Crippen LogP contribution is 2.32. The first-order valence-corrected chi connectivity index (χ1v) is 12.0. The minimum atomic E-state index is -0.823. The largest absolute Gasteiger partial charge is 0.465 e. The normalized spacial score (nSPS) is 24.1. The summed E-state index contributed by atoms with van der Waals surface area (Å²) in [6.45, 7) is 1.38. The lowest BCUT2D eigenvalue weighted by Gasteiger charge is -2.44. The molecule has 5 atom stereocenters. The number of ether oxygens (including phenoxy) is 5. The monoisotopic (exact) mass is 496 g/mol. The van der Waals surface area contributed by atoms with E-state index in [0.717, 1.165) is 16.7 Å². The molecule has 0 amide bonds. The zero-order valence-electron chi connectivity index (χ0n) is 19.3. The summed E-state index contributed by atoms with van der Waals surface area (Å²) >= 11 is 6.65. The predicted molar refractivity (Wildman–Crippen MR) is 132 cm³/mol. The molecule has 1 saturated heterocycles. The lowest BCUT2D eigenvalue weighted by atomic mass is 9.99. The second-order valence-electron chi connectivity index (χ2n) is 8.24. The Kier molecular flexibility index (Phi) is 9.69. The zero-order chi connectivity index (χ0) is 24.3. The number of alkyl halides is 1. The standard InChI is InChI=1S/C28H29ClO6/c29-28-27(34-18-23-14-8-3-9-15-23)26(33-17-22-12-6-2-7-13-22)25(24(35-28)19-31-20-30)32-16-21-10-4-1-5-11-21/h1-15,20,24-28H,16-19H2/t24-,25-,26+,27-,28+/m1/s1. The molecule has 7 heteroatoms. The van der Waals surface area contributed by atoms with Gasteiger partial charge in [-0.3, -0.25) is 4.79 Å². The predicted octanol–water partition coefficient (Wildman–Crippen LogP) is 4.88. The van der Waals surface area contributed by atoms with Gasteiger partial charge < -0.3 is 23.7 Å². The van der Waals surface area contributed by atoms with Crippen LogP contribution in [0.3, 0.4) is 0 Å². The summed E-state index contributed by atoms with van der Waals surface area (Å²) in [6, 6.07) is 29.5. The summed E-state index contributed by atoms with van der Waals surface area (Å²) < 4.78 is 30.0. The lowest BCUT2D eigenvalue weighted by molar-refractivity contribution is -0.254. The summed E-state index contributed by atoms with van der Waals surface area (Å²) in [4.78, 5) is 10.9. The molecule has 1 heterocycles. The number of benzene rings is 3. The number of carbonyl (C=O) groups is 1. The van der Waals surface area contributed by atoms with Gasteiger partial charge in [0.05, 0.1) is 19.8 Å². The molecular formula is C28H29ClO6. The van der Waals surface area contributed by atoms with Crippen molar-refractivity contribution in [3.05, 3.63) is 108 Å². The minimum Gasteiger partial charge on any atom is -0.465 e. The Bertz CT molecular complexity index is 1000. The van der Waals surface area contributed by atoms with Gasteiger partial charge in [-0.15, -0.1) is 0 Å². The topological polar surface area (TPSA) is 63.2 Å². The first-order chi connectivity index (χ1) is 17.2. The van der Waals surface area contributed by atoms with Crippen LogP contribution in [0.4, 0.5) is 0 Å². The highest BCUT2D eigenvalue weighted by molar-refractivity contribution is 6.20. The summed E-state index contributed by atoms with van der Waals surface area (Å²) in [5, 5.41) is 0. The molecule has 1 aliphatic heterocycles. The smallest absolute Gasteiger partial charge is 0.293 e. The molecule has 3 aromatic carbocycles. The van der Waals surface area contributed by atoms with E-state index in [-0.39, 0.29) is 6.61 Å². The average Bonchev–Trinajstić information content (AvgIpc) is 2.91. The highest BCUT2D eigenvalue weighted by Gasteiger charge is 2.48. The Morgan fingerprint density at radius 1 is 0.657 bits per heavy atom. The number of carbonyl (C=O) groups excluding carboxylic acids is 1. The Labute approximate surface area is 210 Å². The molecular weight excluding hydrogens is 468 g/mol. The quantitative estimate of drug-likeness (QED) is 0.263. The van der Waals surface area contributed by atoms with Crippen LogP contribution in [0.1, 0.15) is 16.7 Å². The van der Waals surface area contributed by atoms with Crippen molar-refractivity contribution < 1.29 is 28.5 Å². The van der Waals surface area contributed by atoms with Crippen LogP contribution < -0.4 is 0 Å². The van der Waals surface area contributed by atoms with Crippen molar-refractivity contribution in [2.45, 2.75) is 49.8 Å². The van der Waals surface area contributed by atoms with Crippen molar-refractivity contribution in [2.24, 2.45) is 0 Å². The van der Waals surface area contributed by atoms with Crippen LogP contribution in [0.5, 0.6) is 0 Å². The third-order valence-electron chi connectivity index (χ3n) is 5.76. The van der Waals surface area contributed by atoms with Gasteiger partial charge in [0.1, 0.15) is 31.0 Å². The Morgan fingerprint density at radius 3 is 1.54 bits per heavy atom. The Balaban J connectivity index is 1.56. The molecule has 0 unspecified atom stereocenters. The second-order valence-corrected chi connectivity index (χ2v) is 8.67. The van der Waals surface area contributed by atoms with E-state index in [1.165, 1.54) is 0 Å². The van der Waals surface area contributed by atoms with Crippen LogP contribution in [-0.4, -0.2) is 43.1 Å². The van der Waals surface area contributed by atoms with Crippen LogP contribution in [0.2, 0.25) is 0 Å². The van der Waals surface area contributed by atoms with E-state index in [1.54, 1.807) is 0 Å². The Morgan fingerprint density at radius 2 is 1.09 bits per heavy atom. The summed E-state index contributed by atoms with van der Waals surface area (Å²) in [5.74, 6) is 0. The fourth-order valence-electron chi connectivity index (χ4n) is 4.00. The van der Waals surface area contributed by atoms with Crippen LogP contribution in [0.15, 0.2) is 91.0 Å². The molecule has 0 saturated carbocycles.